The molecule has 8 heteroatoms. The van der Waals surface area contributed by atoms with E-state index in [2.05, 4.69) is 47.6 Å². The van der Waals surface area contributed by atoms with Crippen molar-refractivity contribution >= 4 is 45.5 Å². The molecule has 7 rings (SSSR count). The van der Waals surface area contributed by atoms with Crippen molar-refractivity contribution in [2.75, 3.05) is 5.32 Å². The minimum atomic E-state index is -0.304. The summed E-state index contributed by atoms with van der Waals surface area (Å²) in [6.45, 7) is 3.62. The smallest absolute Gasteiger partial charge is 0.240 e. The third kappa shape index (κ3) is 5.34. The lowest BCUT2D eigenvalue weighted by Gasteiger charge is -2.20. The Balaban J connectivity index is 1.30. The monoisotopic (exact) mass is 596 g/mol. The summed E-state index contributed by atoms with van der Waals surface area (Å²) in [6.07, 6.45) is 4.38. The molecule has 6 aromatic rings. The maximum absolute atomic E-state index is 12.9. The summed E-state index contributed by atoms with van der Waals surface area (Å²) >= 11 is 6.21. The number of benzene rings is 4. The summed E-state index contributed by atoms with van der Waals surface area (Å²) in [6, 6.07) is 33.8. The molecular weight excluding hydrogens is 568 g/mol. The second-order valence-corrected chi connectivity index (χ2v) is 11.4. The lowest BCUT2D eigenvalue weighted by molar-refractivity contribution is -0.130. The second kappa shape index (κ2) is 11.4. The standard InChI is InChI=1S/C36H29ClN6O/c1-23-11-13-25(14-12-23)33-21-35(43(40-33)24(2)44)31-22-42(29-9-4-3-5-10-29)41-36(31)26-7-6-8-28(19-26)39-32-17-18-38-34-20-27(37)15-16-30(32)34/h3-20,22,35H,21H2,1-2H3,(H,38,39). The second-order valence-electron chi connectivity index (χ2n) is 10.9. The van der Waals surface area contributed by atoms with Crippen molar-refractivity contribution in [1.29, 1.82) is 0 Å². The SMILES string of the molecule is CC(=O)N1N=C(c2ccc(C)cc2)CC1c1cn(-c2ccccc2)nc1-c1cccc(Nc2ccnc3cc(Cl)ccc23)c1. The number of hydrogen-bond donors (Lipinski definition) is 1. The van der Waals surface area contributed by atoms with Gasteiger partial charge >= 0.3 is 0 Å². The number of carbonyl (C=O) groups is 1. The van der Waals surface area contributed by atoms with Crippen LogP contribution in [0.2, 0.25) is 5.02 Å². The molecule has 44 heavy (non-hydrogen) atoms. The average molecular weight is 597 g/mol. The van der Waals surface area contributed by atoms with Gasteiger partial charge in [-0.25, -0.2) is 9.69 Å². The van der Waals surface area contributed by atoms with E-state index >= 15 is 0 Å². The fraction of sp³-hybridized carbons (Fsp3) is 0.111. The van der Waals surface area contributed by atoms with Gasteiger partial charge in [0.25, 0.3) is 0 Å². The molecule has 0 radical (unpaired) electrons. The quantitative estimate of drug-likeness (QED) is 0.209. The number of rotatable bonds is 6. The molecule has 1 amide bonds. The van der Waals surface area contributed by atoms with Crippen LogP contribution in [-0.4, -0.2) is 31.4 Å². The van der Waals surface area contributed by atoms with E-state index in [0.717, 1.165) is 56.1 Å². The maximum Gasteiger partial charge on any atom is 0.240 e. The molecule has 216 valence electrons. The number of para-hydroxylation sites is 1. The third-order valence-electron chi connectivity index (χ3n) is 7.86. The van der Waals surface area contributed by atoms with Gasteiger partial charge in [-0.15, -0.1) is 0 Å². The minimum Gasteiger partial charge on any atom is -0.355 e. The summed E-state index contributed by atoms with van der Waals surface area (Å²) in [4.78, 5) is 17.4. The van der Waals surface area contributed by atoms with E-state index in [4.69, 9.17) is 21.8 Å². The van der Waals surface area contributed by atoms with E-state index in [1.807, 2.05) is 83.7 Å². The number of carbonyl (C=O) groups excluding carboxylic acids is 1. The zero-order valence-electron chi connectivity index (χ0n) is 24.3. The molecule has 4 aromatic carbocycles. The highest BCUT2D eigenvalue weighted by Crippen LogP contribution is 2.39. The Morgan fingerprint density at radius 2 is 1.73 bits per heavy atom. The molecule has 1 aliphatic heterocycles. The number of nitrogens with one attached hydrogen (secondary N) is 1. The highest BCUT2D eigenvalue weighted by molar-refractivity contribution is 6.31. The van der Waals surface area contributed by atoms with Crippen molar-refractivity contribution < 1.29 is 4.79 Å². The Bertz CT molecular complexity index is 2030. The lowest BCUT2D eigenvalue weighted by Crippen LogP contribution is -2.24. The normalized spacial score (nSPS) is 14.6. The summed E-state index contributed by atoms with van der Waals surface area (Å²) in [5, 5.41) is 16.7. The highest BCUT2D eigenvalue weighted by atomic mass is 35.5. The van der Waals surface area contributed by atoms with Crippen molar-refractivity contribution in [2.24, 2.45) is 5.10 Å². The molecule has 1 atom stereocenters. The van der Waals surface area contributed by atoms with E-state index in [1.54, 1.807) is 18.1 Å². The van der Waals surface area contributed by atoms with Gasteiger partial charge < -0.3 is 5.32 Å². The number of hydrazone groups is 1. The predicted molar refractivity (Wildman–Crippen MR) is 177 cm³/mol. The Hall–Kier alpha value is -5.27. The molecule has 0 fully saturated rings. The molecule has 7 nitrogen and oxygen atoms in total. The number of anilines is 2. The van der Waals surface area contributed by atoms with Gasteiger partial charge in [-0.3, -0.25) is 9.78 Å². The Labute approximate surface area is 260 Å². The number of aromatic nitrogens is 3. The van der Waals surface area contributed by atoms with E-state index in [9.17, 15) is 4.79 Å². The van der Waals surface area contributed by atoms with Crippen molar-refractivity contribution in [3.8, 4) is 16.9 Å². The van der Waals surface area contributed by atoms with Crippen molar-refractivity contribution in [3.63, 3.8) is 0 Å². The minimum absolute atomic E-state index is 0.115. The van der Waals surface area contributed by atoms with Crippen molar-refractivity contribution in [2.45, 2.75) is 26.3 Å². The number of halogens is 1. The number of hydrogen-bond acceptors (Lipinski definition) is 5. The van der Waals surface area contributed by atoms with Crippen LogP contribution < -0.4 is 5.32 Å². The Morgan fingerprint density at radius 1 is 0.909 bits per heavy atom. The number of pyridine rings is 1. The zero-order chi connectivity index (χ0) is 30.2. The fourth-order valence-corrected chi connectivity index (χ4v) is 5.83. The molecule has 1 aliphatic rings. The third-order valence-corrected chi connectivity index (χ3v) is 8.09. The summed E-state index contributed by atoms with van der Waals surface area (Å²) in [5.41, 5.74) is 9.29. The molecule has 0 saturated carbocycles. The van der Waals surface area contributed by atoms with Gasteiger partial charge in [0.2, 0.25) is 5.91 Å². The largest absolute Gasteiger partial charge is 0.355 e. The summed E-state index contributed by atoms with van der Waals surface area (Å²) < 4.78 is 1.88. The lowest BCUT2D eigenvalue weighted by atomic mass is 9.96. The molecule has 1 unspecified atom stereocenters. The number of aryl methyl sites for hydroxylation is 1. The molecule has 0 spiro atoms. The van der Waals surface area contributed by atoms with E-state index in [-0.39, 0.29) is 11.9 Å². The van der Waals surface area contributed by atoms with Crippen LogP contribution >= 0.6 is 11.6 Å². The van der Waals surface area contributed by atoms with Crippen LogP contribution in [0.5, 0.6) is 0 Å². The zero-order valence-corrected chi connectivity index (χ0v) is 25.0. The number of amides is 1. The topological polar surface area (TPSA) is 75.4 Å². The van der Waals surface area contributed by atoms with Gasteiger partial charge in [-0.2, -0.15) is 10.2 Å². The van der Waals surface area contributed by atoms with Crippen LogP contribution in [0, 0.1) is 6.92 Å². The van der Waals surface area contributed by atoms with Crippen LogP contribution in [-0.2, 0) is 4.79 Å². The van der Waals surface area contributed by atoms with Crippen LogP contribution in [0.4, 0.5) is 11.4 Å². The first-order chi connectivity index (χ1) is 21.4. The first-order valence-corrected chi connectivity index (χ1v) is 14.8. The first-order valence-electron chi connectivity index (χ1n) is 14.4. The molecule has 0 saturated heterocycles. The molecule has 2 aromatic heterocycles. The summed E-state index contributed by atoms with van der Waals surface area (Å²) in [7, 11) is 0. The first kappa shape index (κ1) is 27.6. The molecule has 3 heterocycles. The predicted octanol–water partition coefficient (Wildman–Crippen LogP) is 8.49. The van der Waals surface area contributed by atoms with Crippen molar-refractivity contribution in [1.82, 2.24) is 19.8 Å². The van der Waals surface area contributed by atoms with Crippen LogP contribution in [0.25, 0.3) is 27.8 Å². The van der Waals surface area contributed by atoms with Gasteiger partial charge in [0.05, 0.1) is 28.7 Å². The van der Waals surface area contributed by atoms with Gasteiger partial charge in [-0.1, -0.05) is 71.8 Å². The Kier molecular flexibility index (Phi) is 7.16. The molecule has 0 bridgehead atoms. The fourth-order valence-electron chi connectivity index (χ4n) is 5.66. The maximum atomic E-state index is 12.9. The number of fused-ring (bicyclic) bond motifs is 1. The molecule has 1 N–H and O–H groups in total. The summed E-state index contributed by atoms with van der Waals surface area (Å²) in [5.74, 6) is -0.115. The molecule has 0 aliphatic carbocycles. The van der Waals surface area contributed by atoms with E-state index < -0.39 is 0 Å². The van der Waals surface area contributed by atoms with Gasteiger partial charge in [0.15, 0.2) is 0 Å². The van der Waals surface area contributed by atoms with Gasteiger partial charge in [0, 0.05) is 58.6 Å². The van der Waals surface area contributed by atoms with Crippen LogP contribution in [0.3, 0.4) is 0 Å². The van der Waals surface area contributed by atoms with Crippen molar-refractivity contribution in [3.05, 3.63) is 137 Å². The van der Waals surface area contributed by atoms with Crippen LogP contribution in [0.1, 0.15) is 36.1 Å². The van der Waals surface area contributed by atoms with Gasteiger partial charge in [-0.05, 0) is 61.0 Å². The van der Waals surface area contributed by atoms with E-state index in [0.29, 0.717) is 11.4 Å². The molecular formula is C36H29ClN6O. The highest BCUT2D eigenvalue weighted by Gasteiger charge is 2.35. The number of nitrogens with zero attached hydrogens (tertiary/aromatic N) is 5. The average Bonchev–Trinajstić information content (AvgIpc) is 3.68. The van der Waals surface area contributed by atoms with E-state index in [1.165, 1.54) is 5.56 Å². The Morgan fingerprint density at radius 3 is 2.52 bits per heavy atom. The van der Waals surface area contributed by atoms with Gasteiger partial charge in [0.1, 0.15) is 0 Å². The van der Waals surface area contributed by atoms with Crippen LogP contribution in [0.15, 0.2) is 121 Å².